The molecular formula is C21H18N4O. The Bertz CT molecular complexity index is 1060. The van der Waals surface area contributed by atoms with Gasteiger partial charge in [0, 0.05) is 24.1 Å². The zero-order valence-corrected chi connectivity index (χ0v) is 14.3. The Labute approximate surface area is 151 Å². The van der Waals surface area contributed by atoms with Crippen LogP contribution in [0.4, 0.5) is 0 Å². The molecule has 128 valence electrons. The standard InChI is InChI=1S/C21H18N4O/c22-11-13-3-4-14-10-20-16(17(14)8-13)2-1-7-25(20)21(26)15-5-6-18-19(9-15)24-12-23-18/h3-6,8-9,12,16,20H,1-2,7,10H2,(H,23,24)/t16-,20+/m0/s1. The Kier molecular flexibility index (Phi) is 3.32. The van der Waals surface area contributed by atoms with E-state index in [1.165, 1.54) is 11.1 Å². The first kappa shape index (κ1) is 15.2. The van der Waals surface area contributed by atoms with E-state index in [0.717, 1.165) is 36.8 Å². The van der Waals surface area contributed by atoms with E-state index < -0.39 is 0 Å². The number of amides is 1. The van der Waals surface area contributed by atoms with Crippen LogP contribution >= 0.6 is 0 Å². The van der Waals surface area contributed by atoms with Gasteiger partial charge in [0.15, 0.2) is 0 Å². The number of piperidine rings is 1. The van der Waals surface area contributed by atoms with Crippen molar-refractivity contribution in [2.45, 2.75) is 31.2 Å². The van der Waals surface area contributed by atoms with Gasteiger partial charge in [0.25, 0.3) is 5.91 Å². The number of fused-ring (bicyclic) bond motifs is 4. The molecular weight excluding hydrogens is 324 g/mol. The molecule has 0 spiro atoms. The summed E-state index contributed by atoms with van der Waals surface area (Å²) in [5.41, 5.74) is 5.69. The molecule has 1 N–H and O–H groups in total. The zero-order valence-electron chi connectivity index (χ0n) is 14.3. The predicted molar refractivity (Wildman–Crippen MR) is 97.8 cm³/mol. The summed E-state index contributed by atoms with van der Waals surface area (Å²) < 4.78 is 0. The van der Waals surface area contributed by atoms with E-state index in [4.69, 9.17) is 0 Å². The topological polar surface area (TPSA) is 72.8 Å². The van der Waals surface area contributed by atoms with Crippen LogP contribution in [0.1, 0.15) is 45.8 Å². The van der Waals surface area contributed by atoms with Gasteiger partial charge in [-0.3, -0.25) is 4.79 Å². The monoisotopic (exact) mass is 342 g/mol. The first-order chi connectivity index (χ1) is 12.7. The first-order valence-corrected chi connectivity index (χ1v) is 9.01. The Balaban J connectivity index is 1.48. The number of nitrogens with one attached hydrogen (secondary N) is 1. The lowest BCUT2D eigenvalue weighted by molar-refractivity contribution is 0.0595. The summed E-state index contributed by atoms with van der Waals surface area (Å²) in [5, 5.41) is 9.20. The summed E-state index contributed by atoms with van der Waals surface area (Å²) in [6.07, 6.45) is 4.60. The van der Waals surface area contributed by atoms with Crippen LogP contribution in [0.25, 0.3) is 11.0 Å². The van der Waals surface area contributed by atoms with E-state index in [0.29, 0.717) is 17.0 Å². The molecule has 2 atom stereocenters. The Morgan fingerprint density at radius 3 is 3.08 bits per heavy atom. The van der Waals surface area contributed by atoms with Crippen LogP contribution < -0.4 is 0 Å². The summed E-state index contributed by atoms with van der Waals surface area (Å²) >= 11 is 0. The maximum Gasteiger partial charge on any atom is 0.254 e. The number of aromatic amines is 1. The van der Waals surface area contributed by atoms with Crippen molar-refractivity contribution in [1.29, 1.82) is 5.26 Å². The molecule has 1 aliphatic heterocycles. The van der Waals surface area contributed by atoms with Crippen LogP contribution in [-0.4, -0.2) is 33.4 Å². The van der Waals surface area contributed by atoms with Gasteiger partial charge in [-0.05, 0) is 60.7 Å². The van der Waals surface area contributed by atoms with Gasteiger partial charge in [-0.2, -0.15) is 5.26 Å². The van der Waals surface area contributed by atoms with E-state index in [1.54, 1.807) is 6.33 Å². The summed E-state index contributed by atoms with van der Waals surface area (Å²) in [6, 6.07) is 14.0. The van der Waals surface area contributed by atoms with Crippen molar-refractivity contribution in [2.75, 3.05) is 6.54 Å². The van der Waals surface area contributed by atoms with Gasteiger partial charge >= 0.3 is 0 Å². The highest BCUT2D eigenvalue weighted by Gasteiger charge is 2.41. The van der Waals surface area contributed by atoms with Crippen LogP contribution in [-0.2, 0) is 6.42 Å². The maximum atomic E-state index is 13.2. The molecule has 1 aromatic heterocycles. The van der Waals surface area contributed by atoms with Gasteiger partial charge in [-0.1, -0.05) is 6.07 Å². The smallest absolute Gasteiger partial charge is 0.254 e. The molecule has 0 saturated carbocycles. The Morgan fingerprint density at radius 2 is 2.19 bits per heavy atom. The second-order valence-electron chi connectivity index (χ2n) is 7.18. The number of H-pyrrole nitrogens is 1. The highest BCUT2D eigenvalue weighted by molar-refractivity contribution is 5.97. The summed E-state index contributed by atoms with van der Waals surface area (Å²) in [4.78, 5) is 22.6. The molecule has 2 aliphatic rings. The molecule has 26 heavy (non-hydrogen) atoms. The van der Waals surface area contributed by atoms with Crippen molar-refractivity contribution in [2.24, 2.45) is 0 Å². The first-order valence-electron chi connectivity index (χ1n) is 9.01. The van der Waals surface area contributed by atoms with E-state index in [1.807, 2.05) is 35.2 Å². The lowest BCUT2D eigenvalue weighted by atomic mass is 9.88. The van der Waals surface area contributed by atoms with Crippen LogP contribution in [0.3, 0.4) is 0 Å². The quantitative estimate of drug-likeness (QED) is 0.737. The van der Waals surface area contributed by atoms with Crippen LogP contribution in [0.2, 0.25) is 0 Å². The normalized spacial score (nSPS) is 21.3. The minimum absolute atomic E-state index is 0.0814. The third-order valence-corrected chi connectivity index (χ3v) is 5.81. The molecule has 1 amide bonds. The minimum atomic E-state index is 0.0814. The molecule has 0 radical (unpaired) electrons. The minimum Gasteiger partial charge on any atom is -0.345 e. The molecule has 5 heteroatoms. The Morgan fingerprint density at radius 1 is 1.27 bits per heavy atom. The van der Waals surface area contributed by atoms with Crippen LogP contribution in [0.15, 0.2) is 42.7 Å². The van der Waals surface area contributed by atoms with Crippen LogP contribution in [0.5, 0.6) is 0 Å². The second kappa shape index (κ2) is 5.70. The van der Waals surface area contributed by atoms with E-state index in [2.05, 4.69) is 22.1 Å². The highest BCUT2D eigenvalue weighted by atomic mass is 16.2. The second-order valence-corrected chi connectivity index (χ2v) is 7.18. The number of hydrogen-bond donors (Lipinski definition) is 1. The fourth-order valence-corrected chi connectivity index (χ4v) is 4.58. The van der Waals surface area contributed by atoms with Gasteiger partial charge in [0.05, 0.1) is 29.0 Å². The van der Waals surface area contributed by atoms with E-state index in [-0.39, 0.29) is 11.9 Å². The number of rotatable bonds is 1. The number of benzene rings is 2. The number of imidazole rings is 1. The summed E-state index contributed by atoms with van der Waals surface area (Å²) in [6.45, 7) is 0.789. The number of likely N-dealkylation sites (tertiary alicyclic amines) is 1. The SMILES string of the molecule is N#Cc1ccc2c(c1)[C@@H]1CCCN(C(=O)c3ccc4[nH]cnc4c3)[C@@H]1C2. The average molecular weight is 342 g/mol. The molecule has 5 rings (SSSR count). The van der Waals surface area contributed by atoms with Crippen molar-refractivity contribution in [3.63, 3.8) is 0 Å². The highest BCUT2D eigenvalue weighted by Crippen LogP contribution is 2.42. The fraction of sp³-hybridized carbons (Fsp3) is 0.286. The number of hydrogen-bond acceptors (Lipinski definition) is 3. The van der Waals surface area contributed by atoms with Crippen molar-refractivity contribution in [3.8, 4) is 6.07 Å². The largest absolute Gasteiger partial charge is 0.345 e. The number of nitriles is 1. The number of carbonyl (C=O) groups excluding carboxylic acids is 1. The fourth-order valence-electron chi connectivity index (χ4n) is 4.58. The zero-order chi connectivity index (χ0) is 17.7. The molecule has 0 unspecified atom stereocenters. The molecule has 2 aromatic carbocycles. The number of aromatic nitrogens is 2. The van der Waals surface area contributed by atoms with Gasteiger partial charge < -0.3 is 9.88 Å². The van der Waals surface area contributed by atoms with Gasteiger partial charge in [0.2, 0.25) is 0 Å². The molecule has 0 bridgehead atoms. The molecule has 1 aliphatic carbocycles. The van der Waals surface area contributed by atoms with E-state index in [9.17, 15) is 10.1 Å². The van der Waals surface area contributed by atoms with Gasteiger partial charge in [0.1, 0.15) is 0 Å². The molecule has 2 heterocycles. The lowest BCUT2D eigenvalue weighted by Crippen LogP contribution is -2.46. The third-order valence-electron chi connectivity index (χ3n) is 5.81. The Hall–Kier alpha value is -3.13. The summed E-state index contributed by atoms with van der Waals surface area (Å²) in [5.74, 6) is 0.419. The number of nitrogens with zero attached hydrogens (tertiary/aromatic N) is 3. The average Bonchev–Trinajstić information content (AvgIpc) is 3.30. The molecule has 1 fully saturated rings. The van der Waals surface area contributed by atoms with E-state index >= 15 is 0 Å². The molecule has 5 nitrogen and oxygen atoms in total. The number of carbonyl (C=O) groups is 1. The lowest BCUT2D eigenvalue weighted by Gasteiger charge is -2.38. The summed E-state index contributed by atoms with van der Waals surface area (Å²) in [7, 11) is 0. The predicted octanol–water partition coefficient (Wildman–Crippen LogP) is 3.38. The van der Waals surface area contributed by atoms with Crippen molar-refractivity contribution >= 4 is 16.9 Å². The van der Waals surface area contributed by atoms with Gasteiger partial charge in [-0.15, -0.1) is 0 Å². The molecule has 1 saturated heterocycles. The van der Waals surface area contributed by atoms with Crippen molar-refractivity contribution in [1.82, 2.24) is 14.9 Å². The van der Waals surface area contributed by atoms with Gasteiger partial charge in [-0.25, -0.2) is 4.98 Å². The maximum absolute atomic E-state index is 13.2. The van der Waals surface area contributed by atoms with Crippen LogP contribution in [0, 0.1) is 11.3 Å². The molecule has 3 aromatic rings. The van der Waals surface area contributed by atoms with Crippen molar-refractivity contribution in [3.05, 3.63) is 65.0 Å². The third kappa shape index (κ3) is 2.22. The van der Waals surface area contributed by atoms with Crippen molar-refractivity contribution < 1.29 is 4.79 Å².